The molecule has 41 heavy (non-hydrogen) atoms. The third kappa shape index (κ3) is 7.41. The van der Waals surface area contributed by atoms with Gasteiger partial charge in [-0.3, -0.25) is 9.52 Å². The summed E-state index contributed by atoms with van der Waals surface area (Å²) >= 11 is 5.85. The van der Waals surface area contributed by atoms with Gasteiger partial charge in [-0.25, -0.2) is 18.6 Å². The Bertz CT molecular complexity index is 1690. The molecule has 0 radical (unpaired) electrons. The number of anilines is 1. The average molecular weight is 594 g/mol. The number of nitrogens with one attached hydrogen (secondary N) is 2. The second kappa shape index (κ2) is 13.0. The molecule has 0 spiro atoms. The summed E-state index contributed by atoms with van der Waals surface area (Å²) in [6, 6.07) is 22.9. The van der Waals surface area contributed by atoms with E-state index in [1.807, 2.05) is 0 Å². The second-order valence-corrected chi connectivity index (χ2v) is 10.5. The van der Waals surface area contributed by atoms with Gasteiger partial charge in [0.2, 0.25) is 0 Å². The van der Waals surface area contributed by atoms with Crippen molar-refractivity contribution in [3.05, 3.63) is 113 Å². The summed E-state index contributed by atoms with van der Waals surface area (Å²) in [5.41, 5.74) is 3.36. The number of para-hydroxylation sites is 1. The summed E-state index contributed by atoms with van der Waals surface area (Å²) in [6.07, 6.45) is 1.36. The third-order valence-corrected chi connectivity index (χ3v) is 7.27. The molecule has 0 unspecified atom stereocenters. The van der Waals surface area contributed by atoms with Gasteiger partial charge < -0.3 is 14.2 Å². The van der Waals surface area contributed by atoms with Gasteiger partial charge in [0.1, 0.15) is 5.75 Å². The predicted molar refractivity (Wildman–Crippen MR) is 155 cm³/mol. The van der Waals surface area contributed by atoms with E-state index in [1.165, 1.54) is 62.9 Å². The molecule has 0 saturated carbocycles. The molecule has 4 aromatic rings. The van der Waals surface area contributed by atoms with E-state index in [1.54, 1.807) is 48.5 Å². The lowest BCUT2D eigenvalue weighted by Crippen LogP contribution is -2.21. The number of hydrogen-bond donors (Lipinski definition) is 2. The Morgan fingerprint density at radius 1 is 0.854 bits per heavy atom. The van der Waals surface area contributed by atoms with Crippen LogP contribution in [0.4, 0.5) is 5.69 Å². The number of carbonyl (C=O) groups is 2. The molecule has 0 aliphatic rings. The highest BCUT2D eigenvalue weighted by Gasteiger charge is 2.19. The van der Waals surface area contributed by atoms with Gasteiger partial charge in [-0.1, -0.05) is 23.7 Å². The lowest BCUT2D eigenvalue weighted by molar-refractivity contribution is 0.0729. The molecular formula is C29H24ClN3O7S. The van der Waals surface area contributed by atoms with E-state index < -0.39 is 21.9 Å². The first kappa shape index (κ1) is 29.1. The number of halogens is 1. The first-order valence-corrected chi connectivity index (χ1v) is 13.8. The van der Waals surface area contributed by atoms with Gasteiger partial charge in [0.15, 0.2) is 11.5 Å². The minimum Gasteiger partial charge on any atom is -0.497 e. The summed E-state index contributed by atoms with van der Waals surface area (Å²) in [7, 11) is -1.02. The fourth-order valence-corrected chi connectivity index (χ4v) is 4.75. The summed E-state index contributed by atoms with van der Waals surface area (Å²) in [4.78, 5) is 25.3. The molecule has 0 aliphatic carbocycles. The Balaban J connectivity index is 1.43. The van der Waals surface area contributed by atoms with Gasteiger partial charge in [-0.05, 0) is 84.4 Å². The maximum absolute atomic E-state index is 12.8. The van der Waals surface area contributed by atoms with Gasteiger partial charge in [0, 0.05) is 5.02 Å². The molecule has 0 aromatic heterocycles. The first-order chi connectivity index (χ1) is 19.7. The zero-order chi connectivity index (χ0) is 29.4. The predicted octanol–water partition coefficient (Wildman–Crippen LogP) is 5.14. The van der Waals surface area contributed by atoms with E-state index in [2.05, 4.69) is 15.2 Å². The fourth-order valence-electron chi connectivity index (χ4n) is 3.55. The smallest absolute Gasteiger partial charge is 0.343 e. The topological polar surface area (TPSA) is 132 Å². The number of amides is 1. The van der Waals surface area contributed by atoms with E-state index in [-0.39, 0.29) is 27.6 Å². The highest BCUT2D eigenvalue weighted by atomic mass is 35.5. The van der Waals surface area contributed by atoms with Crippen LogP contribution in [0.5, 0.6) is 17.2 Å². The lowest BCUT2D eigenvalue weighted by atomic mass is 10.2. The van der Waals surface area contributed by atoms with E-state index in [4.69, 9.17) is 25.8 Å². The zero-order valence-corrected chi connectivity index (χ0v) is 23.4. The fraction of sp³-hybridized carbons (Fsp3) is 0.0690. The van der Waals surface area contributed by atoms with Crippen molar-refractivity contribution in [1.29, 1.82) is 0 Å². The summed E-state index contributed by atoms with van der Waals surface area (Å²) in [6.45, 7) is 0. The number of esters is 1. The molecule has 210 valence electrons. The molecule has 1 amide bonds. The van der Waals surface area contributed by atoms with E-state index >= 15 is 0 Å². The molecular weight excluding hydrogens is 570 g/mol. The number of nitrogens with zero attached hydrogens (tertiary/aromatic N) is 1. The van der Waals surface area contributed by atoms with Crippen molar-refractivity contribution in [2.45, 2.75) is 4.90 Å². The van der Waals surface area contributed by atoms with Crippen LogP contribution in [0.25, 0.3) is 0 Å². The second-order valence-electron chi connectivity index (χ2n) is 8.33. The largest absolute Gasteiger partial charge is 0.497 e. The van der Waals surface area contributed by atoms with Gasteiger partial charge in [0.05, 0.1) is 42.1 Å². The standard InChI is InChI=1S/C29H24ClN3O7S/c1-38-22-12-8-20(9-13-22)29(35)40-26-16-7-19(17-27(26)39-2)18-31-32-28(34)24-5-3-4-6-25(24)33-41(36,37)23-14-10-21(30)11-15-23/h3-18,33H,1-2H3,(H,32,34)/b31-18+. The van der Waals surface area contributed by atoms with Crippen LogP contribution in [0.15, 0.2) is 101 Å². The van der Waals surface area contributed by atoms with Crippen molar-refractivity contribution < 1.29 is 32.2 Å². The highest BCUT2D eigenvalue weighted by Crippen LogP contribution is 2.29. The van der Waals surface area contributed by atoms with Crippen molar-refractivity contribution >= 4 is 45.4 Å². The lowest BCUT2D eigenvalue weighted by Gasteiger charge is -2.12. The minimum atomic E-state index is -3.97. The van der Waals surface area contributed by atoms with Crippen LogP contribution in [-0.4, -0.2) is 40.7 Å². The Hall–Kier alpha value is -4.87. The Morgan fingerprint density at radius 3 is 2.24 bits per heavy atom. The molecule has 0 atom stereocenters. The summed E-state index contributed by atoms with van der Waals surface area (Å²) < 4.78 is 43.9. The van der Waals surface area contributed by atoms with Gasteiger partial charge in [-0.15, -0.1) is 0 Å². The number of hydrazone groups is 1. The number of hydrogen-bond acceptors (Lipinski definition) is 8. The van der Waals surface area contributed by atoms with Crippen LogP contribution in [0.1, 0.15) is 26.3 Å². The molecule has 4 aromatic carbocycles. The SMILES string of the molecule is COc1ccc(C(=O)Oc2ccc(/C=N/NC(=O)c3ccccc3NS(=O)(=O)c3ccc(Cl)cc3)cc2OC)cc1. The van der Waals surface area contributed by atoms with E-state index in [9.17, 15) is 18.0 Å². The van der Waals surface area contributed by atoms with Crippen LogP contribution in [0, 0.1) is 0 Å². The molecule has 0 fully saturated rings. The van der Waals surface area contributed by atoms with Crippen LogP contribution in [0.2, 0.25) is 5.02 Å². The van der Waals surface area contributed by atoms with Crippen LogP contribution < -0.4 is 24.4 Å². The summed E-state index contributed by atoms with van der Waals surface area (Å²) in [5, 5.41) is 4.35. The summed E-state index contributed by atoms with van der Waals surface area (Å²) in [5.74, 6) is -0.157. The molecule has 0 saturated heterocycles. The Labute approximate surface area is 241 Å². The number of ether oxygens (including phenoxy) is 3. The molecule has 0 heterocycles. The van der Waals surface area contributed by atoms with Crippen molar-refractivity contribution in [3.63, 3.8) is 0 Å². The van der Waals surface area contributed by atoms with Crippen LogP contribution >= 0.6 is 11.6 Å². The number of sulfonamides is 1. The minimum absolute atomic E-state index is 0.0118. The number of carbonyl (C=O) groups excluding carboxylic acids is 2. The Morgan fingerprint density at radius 2 is 1.56 bits per heavy atom. The first-order valence-electron chi connectivity index (χ1n) is 12.0. The normalized spacial score (nSPS) is 11.1. The Kier molecular flexibility index (Phi) is 9.23. The van der Waals surface area contributed by atoms with Crippen LogP contribution in [-0.2, 0) is 10.0 Å². The van der Waals surface area contributed by atoms with Gasteiger partial charge in [-0.2, -0.15) is 5.10 Å². The van der Waals surface area contributed by atoms with E-state index in [0.717, 1.165) is 0 Å². The van der Waals surface area contributed by atoms with Crippen molar-refractivity contribution in [2.75, 3.05) is 18.9 Å². The molecule has 10 nitrogen and oxygen atoms in total. The third-order valence-electron chi connectivity index (χ3n) is 5.64. The average Bonchev–Trinajstić information content (AvgIpc) is 2.98. The van der Waals surface area contributed by atoms with Crippen molar-refractivity contribution in [1.82, 2.24) is 5.43 Å². The molecule has 4 rings (SSSR count). The monoisotopic (exact) mass is 593 g/mol. The van der Waals surface area contributed by atoms with Gasteiger partial charge >= 0.3 is 5.97 Å². The maximum atomic E-state index is 12.8. The zero-order valence-electron chi connectivity index (χ0n) is 21.8. The molecule has 0 bridgehead atoms. The van der Waals surface area contributed by atoms with E-state index in [0.29, 0.717) is 21.9 Å². The van der Waals surface area contributed by atoms with Gasteiger partial charge in [0.25, 0.3) is 15.9 Å². The number of methoxy groups -OCH3 is 2. The maximum Gasteiger partial charge on any atom is 0.343 e. The number of benzene rings is 4. The molecule has 0 aliphatic heterocycles. The quantitative estimate of drug-likeness (QED) is 0.113. The molecule has 12 heteroatoms. The number of rotatable bonds is 10. The highest BCUT2D eigenvalue weighted by molar-refractivity contribution is 7.92. The van der Waals surface area contributed by atoms with Crippen molar-refractivity contribution in [2.24, 2.45) is 5.10 Å². The molecule has 2 N–H and O–H groups in total. The van der Waals surface area contributed by atoms with Crippen LogP contribution in [0.3, 0.4) is 0 Å². The van der Waals surface area contributed by atoms with Crippen molar-refractivity contribution in [3.8, 4) is 17.2 Å².